The first-order valence-corrected chi connectivity index (χ1v) is 9.76. The SMILES string of the molecule is COc1ccc2cc(S(=O)(=O)Oc3cccc4ccc(C)nc34)ccc2c1. The van der Waals surface area contributed by atoms with Crippen molar-refractivity contribution in [2.75, 3.05) is 7.11 Å². The zero-order chi connectivity index (χ0) is 19.0. The Hall–Kier alpha value is -3.12. The number of nitrogens with zero attached hydrogens (tertiary/aromatic N) is 1. The first-order valence-electron chi connectivity index (χ1n) is 8.35. The molecule has 0 saturated carbocycles. The number of pyridine rings is 1. The third-order valence-corrected chi connectivity index (χ3v) is 5.56. The van der Waals surface area contributed by atoms with Gasteiger partial charge in [0.05, 0.1) is 7.11 Å². The predicted molar refractivity (Wildman–Crippen MR) is 105 cm³/mol. The smallest absolute Gasteiger partial charge is 0.339 e. The first-order chi connectivity index (χ1) is 13.0. The number of ether oxygens (including phenoxy) is 1. The molecule has 1 aromatic heterocycles. The van der Waals surface area contributed by atoms with Crippen molar-refractivity contribution in [3.63, 3.8) is 0 Å². The largest absolute Gasteiger partial charge is 0.497 e. The lowest BCUT2D eigenvalue weighted by Gasteiger charge is -2.10. The third kappa shape index (κ3) is 3.31. The Bertz CT molecular complexity index is 1270. The molecule has 0 bridgehead atoms. The Kier molecular flexibility index (Phi) is 4.20. The van der Waals surface area contributed by atoms with Crippen molar-refractivity contribution in [2.24, 2.45) is 0 Å². The molecule has 0 fully saturated rings. The van der Waals surface area contributed by atoms with E-state index in [1.807, 2.05) is 37.3 Å². The van der Waals surface area contributed by atoms with Crippen LogP contribution < -0.4 is 8.92 Å². The molecule has 0 aliphatic heterocycles. The molecule has 4 aromatic rings. The predicted octanol–water partition coefficient (Wildman–Crippen LogP) is 4.47. The van der Waals surface area contributed by atoms with Gasteiger partial charge in [0.1, 0.15) is 16.2 Å². The maximum atomic E-state index is 12.8. The molecule has 27 heavy (non-hydrogen) atoms. The van der Waals surface area contributed by atoms with Crippen LogP contribution in [0.2, 0.25) is 0 Å². The molecule has 1 heterocycles. The number of fused-ring (bicyclic) bond motifs is 2. The van der Waals surface area contributed by atoms with Gasteiger partial charge in [-0.2, -0.15) is 8.42 Å². The van der Waals surface area contributed by atoms with E-state index in [1.54, 1.807) is 37.4 Å². The molecule has 0 spiro atoms. The van der Waals surface area contributed by atoms with Crippen molar-refractivity contribution in [3.8, 4) is 11.5 Å². The number of rotatable bonds is 4. The monoisotopic (exact) mass is 379 g/mol. The molecule has 0 aliphatic rings. The number of aromatic nitrogens is 1. The van der Waals surface area contributed by atoms with Gasteiger partial charge in [0, 0.05) is 11.1 Å². The van der Waals surface area contributed by atoms with Gasteiger partial charge in [-0.3, -0.25) is 0 Å². The minimum Gasteiger partial charge on any atom is -0.497 e. The highest BCUT2D eigenvalue weighted by Crippen LogP contribution is 2.29. The second kappa shape index (κ2) is 6.55. The van der Waals surface area contributed by atoms with E-state index < -0.39 is 10.1 Å². The number of hydrogen-bond donors (Lipinski definition) is 0. The van der Waals surface area contributed by atoms with Crippen LogP contribution in [-0.2, 0) is 10.1 Å². The molecule has 5 nitrogen and oxygen atoms in total. The van der Waals surface area contributed by atoms with Gasteiger partial charge < -0.3 is 8.92 Å². The lowest BCUT2D eigenvalue weighted by molar-refractivity contribution is 0.415. The summed E-state index contributed by atoms with van der Waals surface area (Å²) in [5, 5.41) is 2.49. The summed E-state index contributed by atoms with van der Waals surface area (Å²) in [6.07, 6.45) is 0. The number of benzene rings is 3. The minimum atomic E-state index is -4.00. The van der Waals surface area contributed by atoms with Gasteiger partial charge in [-0.15, -0.1) is 0 Å². The van der Waals surface area contributed by atoms with Gasteiger partial charge in [-0.1, -0.05) is 30.3 Å². The Balaban J connectivity index is 1.76. The van der Waals surface area contributed by atoms with Crippen LogP contribution in [0.1, 0.15) is 5.69 Å². The molecule has 0 aliphatic carbocycles. The maximum absolute atomic E-state index is 12.8. The second-order valence-corrected chi connectivity index (χ2v) is 7.74. The summed E-state index contributed by atoms with van der Waals surface area (Å²) in [4.78, 5) is 4.51. The molecule has 4 rings (SSSR count). The third-order valence-electron chi connectivity index (χ3n) is 4.33. The summed E-state index contributed by atoms with van der Waals surface area (Å²) in [5.41, 5.74) is 1.31. The summed E-state index contributed by atoms with van der Waals surface area (Å²) < 4.78 is 36.3. The minimum absolute atomic E-state index is 0.0878. The Labute approximate surface area is 157 Å². The standard InChI is InChI=1S/C21H17NO4S/c1-14-6-7-15-4-3-5-20(21(15)22-14)26-27(23,24)19-11-9-16-12-18(25-2)10-8-17(16)13-19/h3-13H,1-2H3. The average molecular weight is 379 g/mol. The molecule has 0 N–H and O–H groups in total. The Morgan fingerprint density at radius 3 is 2.41 bits per heavy atom. The van der Waals surface area contributed by atoms with E-state index in [9.17, 15) is 8.42 Å². The topological polar surface area (TPSA) is 65.5 Å². The molecule has 0 unspecified atom stereocenters. The summed E-state index contributed by atoms with van der Waals surface area (Å²) in [5.74, 6) is 0.928. The summed E-state index contributed by atoms with van der Waals surface area (Å²) in [6, 6.07) is 19.3. The van der Waals surface area contributed by atoms with Crippen LogP contribution in [0.3, 0.4) is 0 Å². The van der Waals surface area contributed by atoms with Gasteiger partial charge in [0.2, 0.25) is 0 Å². The lowest BCUT2D eigenvalue weighted by atomic mass is 10.1. The zero-order valence-electron chi connectivity index (χ0n) is 14.8. The second-order valence-electron chi connectivity index (χ2n) is 6.19. The fourth-order valence-electron chi connectivity index (χ4n) is 2.94. The molecule has 136 valence electrons. The Morgan fingerprint density at radius 1 is 0.852 bits per heavy atom. The van der Waals surface area contributed by atoms with Crippen LogP contribution >= 0.6 is 0 Å². The van der Waals surface area contributed by atoms with Crippen molar-refractivity contribution in [1.29, 1.82) is 0 Å². The molecule has 3 aromatic carbocycles. The fraction of sp³-hybridized carbons (Fsp3) is 0.0952. The van der Waals surface area contributed by atoms with Crippen molar-refractivity contribution in [2.45, 2.75) is 11.8 Å². The highest BCUT2D eigenvalue weighted by Gasteiger charge is 2.19. The van der Waals surface area contributed by atoms with Crippen LogP contribution in [0.5, 0.6) is 11.5 Å². The van der Waals surface area contributed by atoms with E-state index >= 15 is 0 Å². The van der Waals surface area contributed by atoms with E-state index in [0.29, 0.717) is 11.3 Å². The Morgan fingerprint density at radius 2 is 1.59 bits per heavy atom. The van der Waals surface area contributed by atoms with Crippen molar-refractivity contribution < 1.29 is 17.3 Å². The van der Waals surface area contributed by atoms with E-state index in [4.69, 9.17) is 8.92 Å². The molecule has 0 saturated heterocycles. The first kappa shape index (κ1) is 17.3. The molecular formula is C21H17NO4S. The molecular weight excluding hydrogens is 362 g/mol. The van der Waals surface area contributed by atoms with Gasteiger partial charge in [-0.05, 0) is 54.1 Å². The van der Waals surface area contributed by atoms with Crippen LogP contribution in [-0.4, -0.2) is 20.5 Å². The van der Waals surface area contributed by atoms with E-state index in [0.717, 1.165) is 21.9 Å². The zero-order valence-corrected chi connectivity index (χ0v) is 15.7. The van der Waals surface area contributed by atoms with Crippen LogP contribution in [0.4, 0.5) is 0 Å². The highest BCUT2D eigenvalue weighted by atomic mass is 32.2. The quantitative estimate of drug-likeness (QED) is 0.489. The van der Waals surface area contributed by atoms with Crippen LogP contribution in [0, 0.1) is 6.92 Å². The average Bonchev–Trinajstić information content (AvgIpc) is 2.67. The van der Waals surface area contributed by atoms with Crippen LogP contribution in [0.15, 0.2) is 71.6 Å². The fourth-order valence-corrected chi connectivity index (χ4v) is 3.91. The molecule has 0 atom stereocenters. The number of methoxy groups -OCH3 is 1. The number of aryl methyl sites for hydroxylation is 1. The summed E-state index contributed by atoms with van der Waals surface area (Å²) in [6.45, 7) is 1.85. The number of hydrogen-bond acceptors (Lipinski definition) is 5. The van der Waals surface area contributed by atoms with E-state index in [2.05, 4.69) is 4.98 Å². The normalized spacial score (nSPS) is 11.6. The lowest BCUT2D eigenvalue weighted by Crippen LogP contribution is -2.10. The van der Waals surface area contributed by atoms with Gasteiger partial charge >= 0.3 is 10.1 Å². The maximum Gasteiger partial charge on any atom is 0.339 e. The summed E-state index contributed by atoms with van der Waals surface area (Å²) in [7, 11) is -2.41. The molecule has 6 heteroatoms. The highest BCUT2D eigenvalue weighted by molar-refractivity contribution is 7.87. The van der Waals surface area contributed by atoms with Gasteiger partial charge in [0.25, 0.3) is 0 Å². The van der Waals surface area contributed by atoms with Crippen molar-refractivity contribution in [3.05, 3.63) is 72.4 Å². The summed E-state index contributed by atoms with van der Waals surface area (Å²) >= 11 is 0. The van der Waals surface area contributed by atoms with Crippen molar-refractivity contribution >= 4 is 31.8 Å². The van der Waals surface area contributed by atoms with E-state index in [1.165, 1.54) is 6.07 Å². The van der Waals surface area contributed by atoms with Gasteiger partial charge in [-0.25, -0.2) is 4.98 Å². The van der Waals surface area contributed by atoms with E-state index in [-0.39, 0.29) is 10.6 Å². The molecule has 0 radical (unpaired) electrons. The number of para-hydroxylation sites is 1. The van der Waals surface area contributed by atoms with Crippen molar-refractivity contribution in [1.82, 2.24) is 4.98 Å². The van der Waals surface area contributed by atoms with Crippen LogP contribution in [0.25, 0.3) is 21.7 Å². The molecule has 0 amide bonds. The van der Waals surface area contributed by atoms with Gasteiger partial charge in [0.15, 0.2) is 5.75 Å².